The summed E-state index contributed by atoms with van der Waals surface area (Å²) in [5, 5.41) is 13.4. The Morgan fingerprint density at radius 1 is 1.29 bits per heavy atom. The number of pyridine rings is 1. The lowest BCUT2D eigenvalue weighted by Crippen LogP contribution is -2.56. The minimum atomic E-state index is -0.397. The molecule has 2 atom stereocenters. The van der Waals surface area contributed by atoms with Gasteiger partial charge in [-0.05, 0) is 67.9 Å². The number of hydrogen-bond acceptors (Lipinski definition) is 4. The fourth-order valence-corrected chi connectivity index (χ4v) is 4.42. The third-order valence-corrected chi connectivity index (χ3v) is 6.13. The van der Waals surface area contributed by atoms with Crippen LogP contribution >= 0.6 is 11.6 Å². The zero-order chi connectivity index (χ0) is 16.7. The Morgan fingerprint density at radius 3 is 2.79 bits per heavy atom. The summed E-state index contributed by atoms with van der Waals surface area (Å²) in [6.45, 7) is 5.10. The molecule has 128 valence electrons. The standard InChI is InChI=1S/C19H23ClN2O2/c1-19(12-24-11-18(19)23)22-6-3-13(4-7-22)16-8-14-2-5-21-10-15(14)9-17(16)20/h2,5,8-10,13,18,23H,3-4,6-7,11-12H2,1H3/t18-,19+/m0/s1. The summed E-state index contributed by atoms with van der Waals surface area (Å²) >= 11 is 6.55. The molecule has 0 spiro atoms. The first-order valence-electron chi connectivity index (χ1n) is 8.62. The molecule has 2 aliphatic heterocycles. The molecule has 0 saturated carbocycles. The van der Waals surface area contributed by atoms with E-state index in [4.69, 9.17) is 16.3 Å². The van der Waals surface area contributed by atoms with Crippen LogP contribution in [0, 0.1) is 0 Å². The molecule has 3 heterocycles. The molecule has 2 aromatic rings. The minimum Gasteiger partial charge on any atom is -0.389 e. The van der Waals surface area contributed by atoms with E-state index in [2.05, 4.69) is 22.9 Å². The van der Waals surface area contributed by atoms with Gasteiger partial charge in [-0.1, -0.05) is 11.6 Å². The smallest absolute Gasteiger partial charge is 0.0976 e. The maximum absolute atomic E-state index is 10.3. The van der Waals surface area contributed by atoms with Crippen molar-refractivity contribution in [2.45, 2.75) is 37.3 Å². The number of aromatic nitrogens is 1. The van der Waals surface area contributed by atoms with Crippen LogP contribution in [0.1, 0.15) is 31.2 Å². The van der Waals surface area contributed by atoms with Crippen LogP contribution in [0.3, 0.4) is 0 Å². The second-order valence-electron chi connectivity index (χ2n) is 7.25. The Bertz CT molecular complexity index is 745. The average Bonchev–Trinajstić information content (AvgIpc) is 2.94. The van der Waals surface area contributed by atoms with Gasteiger partial charge in [0, 0.05) is 22.8 Å². The fraction of sp³-hybridized carbons (Fsp3) is 0.526. The first-order valence-corrected chi connectivity index (χ1v) is 9.00. The van der Waals surface area contributed by atoms with Gasteiger partial charge in [0.05, 0.1) is 24.9 Å². The molecule has 4 rings (SSSR count). The molecular formula is C19H23ClN2O2. The van der Waals surface area contributed by atoms with E-state index >= 15 is 0 Å². The highest BCUT2D eigenvalue weighted by Gasteiger charge is 2.44. The Kier molecular flexibility index (Phi) is 4.25. The van der Waals surface area contributed by atoms with Gasteiger partial charge in [-0.2, -0.15) is 0 Å². The highest BCUT2D eigenvalue weighted by Crippen LogP contribution is 2.38. The first kappa shape index (κ1) is 16.3. The Balaban J connectivity index is 1.53. The van der Waals surface area contributed by atoms with Crippen LogP contribution in [0.2, 0.25) is 5.02 Å². The monoisotopic (exact) mass is 346 g/mol. The van der Waals surface area contributed by atoms with Gasteiger partial charge in [0.1, 0.15) is 0 Å². The number of likely N-dealkylation sites (tertiary alicyclic amines) is 1. The lowest BCUT2D eigenvalue weighted by Gasteiger charge is -2.43. The quantitative estimate of drug-likeness (QED) is 0.907. The number of ether oxygens (including phenoxy) is 1. The number of nitrogens with zero attached hydrogens (tertiary/aromatic N) is 2. The van der Waals surface area contributed by atoms with E-state index < -0.39 is 6.10 Å². The number of hydrogen-bond donors (Lipinski definition) is 1. The van der Waals surface area contributed by atoms with Crippen molar-refractivity contribution in [3.63, 3.8) is 0 Å². The molecule has 2 saturated heterocycles. The molecule has 0 unspecified atom stereocenters. The Hall–Kier alpha value is -1.20. The van der Waals surface area contributed by atoms with E-state index in [0.717, 1.165) is 36.3 Å². The van der Waals surface area contributed by atoms with Gasteiger partial charge in [0.15, 0.2) is 0 Å². The predicted octanol–water partition coefficient (Wildman–Crippen LogP) is 3.22. The SMILES string of the molecule is C[C@@]1(N2CCC(c3cc4ccncc4cc3Cl)CC2)COC[C@@H]1O. The summed E-state index contributed by atoms with van der Waals surface area (Å²) in [5.74, 6) is 0.467. The molecule has 24 heavy (non-hydrogen) atoms. The maximum atomic E-state index is 10.3. The second-order valence-corrected chi connectivity index (χ2v) is 7.65. The molecule has 2 aliphatic rings. The molecule has 0 bridgehead atoms. The van der Waals surface area contributed by atoms with Crippen LogP contribution < -0.4 is 0 Å². The summed E-state index contributed by atoms with van der Waals surface area (Å²) < 4.78 is 5.49. The first-order chi connectivity index (χ1) is 11.6. The van der Waals surface area contributed by atoms with Crippen molar-refractivity contribution >= 4 is 22.4 Å². The zero-order valence-corrected chi connectivity index (χ0v) is 14.7. The van der Waals surface area contributed by atoms with Crippen molar-refractivity contribution in [2.75, 3.05) is 26.3 Å². The molecule has 1 N–H and O–H groups in total. The molecule has 0 radical (unpaired) electrons. The lowest BCUT2D eigenvalue weighted by molar-refractivity contribution is -0.00211. The van der Waals surface area contributed by atoms with Crippen molar-refractivity contribution in [2.24, 2.45) is 0 Å². The predicted molar refractivity (Wildman–Crippen MR) is 95.5 cm³/mol. The Morgan fingerprint density at radius 2 is 2.08 bits per heavy atom. The molecule has 5 heteroatoms. The lowest BCUT2D eigenvalue weighted by atomic mass is 9.85. The molecular weight excluding hydrogens is 324 g/mol. The number of benzene rings is 1. The van der Waals surface area contributed by atoms with E-state index in [1.807, 2.05) is 24.5 Å². The van der Waals surface area contributed by atoms with Gasteiger partial charge >= 0.3 is 0 Å². The third-order valence-electron chi connectivity index (χ3n) is 5.80. The number of rotatable bonds is 2. The van der Waals surface area contributed by atoms with Crippen molar-refractivity contribution in [1.29, 1.82) is 0 Å². The van der Waals surface area contributed by atoms with Crippen LogP contribution in [0.5, 0.6) is 0 Å². The van der Waals surface area contributed by atoms with E-state index in [1.165, 1.54) is 10.9 Å². The fourth-order valence-electron chi connectivity index (χ4n) is 4.09. The van der Waals surface area contributed by atoms with Gasteiger partial charge in [0.2, 0.25) is 0 Å². The van der Waals surface area contributed by atoms with Crippen LogP contribution in [0.25, 0.3) is 10.8 Å². The van der Waals surface area contributed by atoms with Crippen molar-refractivity contribution in [3.05, 3.63) is 41.2 Å². The summed E-state index contributed by atoms with van der Waals surface area (Å²) in [6.07, 6.45) is 5.39. The highest BCUT2D eigenvalue weighted by atomic mass is 35.5. The summed E-state index contributed by atoms with van der Waals surface area (Å²) in [5.41, 5.74) is 0.993. The number of aliphatic hydroxyl groups is 1. The second kappa shape index (κ2) is 6.26. The average molecular weight is 347 g/mol. The van der Waals surface area contributed by atoms with Gasteiger partial charge in [-0.3, -0.25) is 9.88 Å². The van der Waals surface area contributed by atoms with Crippen molar-refractivity contribution in [1.82, 2.24) is 9.88 Å². The van der Waals surface area contributed by atoms with Crippen LogP contribution in [0.4, 0.5) is 0 Å². The summed E-state index contributed by atoms with van der Waals surface area (Å²) in [7, 11) is 0. The van der Waals surface area contributed by atoms with E-state index in [0.29, 0.717) is 19.1 Å². The highest BCUT2D eigenvalue weighted by molar-refractivity contribution is 6.32. The number of piperidine rings is 1. The number of halogens is 1. The third kappa shape index (κ3) is 2.72. The Labute approximate surface area is 147 Å². The molecule has 1 aromatic carbocycles. The topological polar surface area (TPSA) is 45.6 Å². The summed E-state index contributed by atoms with van der Waals surface area (Å²) in [4.78, 5) is 6.55. The van der Waals surface area contributed by atoms with Gasteiger partial charge < -0.3 is 9.84 Å². The van der Waals surface area contributed by atoms with Crippen LogP contribution in [-0.4, -0.2) is 52.9 Å². The molecule has 0 aliphatic carbocycles. The number of fused-ring (bicyclic) bond motifs is 1. The van der Waals surface area contributed by atoms with E-state index in [9.17, 15) is 5.11 Å². The molecule has 2 fully saturated rings. The molecule has 4 nitrogen and oxygen atoms in total. The molecule has 1 aromatic heterocycles. The van der Waals surface area contributed by atoms with E-state index in [1.54, 1.807) is 0 Å². The minimum absolute atomic E-state index is 0.246. The summed E-state index contributed by atoms with van der Waals surface area (Å²) in [6, 6.07) is 6.29. The normalized spacial score (nSPS) is 29.4. The van der Waals surface area contributed by atoms with E-state index in [-0.39, 0.29) is 5.54 Å². The van der Waals surface area contributed by atoms with Gasteiger partial charge in [-0.25, -0.2) is 0 Å². The van der Waals surface area contributed by atoms with Crippen molar-refractivity contribution < 1.29 is 9.84 Å². The molecule has 0 amide bonds. The van der Waals surface area contributed by atoms with Gasteiger partial charge in [0.25, 0.3) is 0 Å². The van der Waals surface area contributed by atoms with Crippen LogP contribution in [-0.2, 0) is 4.74 Å². The number of aliphatic hydroxyl groups excluding tert-OH is 1. The van der Waals surface area contributed by atoms with Crippen LogP contribution in [0.15, 0.2) is 30.6 Å². The van der Waals surface area contributed by atoms with Gasteiger partial charge in [-0.15, -0.1) is 0 Å². The van der Waals surface area contributed by atoms with Crippen molar-refractivity contribution in [3.8, 4) is 0 Å². The largest absolute Gasteiger partial charge is 0.389 e. The zero-order valence-electron chi connectivity index (χ0n) is 13.9. The maximum Gasteiger partial charge on any atom is 0.0976 e.